The van der Waals surface area contributed by atoms with Crippen LogP contribution in [0.15, 0.2) is 41.9 Å². The number of rotatable bonds is 15. The highest BCUT2D eigenvalue weighted by atomic mass is 19.4. The quantitative estimate of drug-likeness (QED) is 0.0390. The molecule has 1 aromatic rings. The zero-order chi connectivity index (χ0) is 35.8. The molecule has 0 aliphatic carbocycles. The lowest BCUT2D eigenvalue weighted by atomic mass is 9.85. The zero-order valence-electron chi connectivity index (χ0n) is 25.7. The van der Waals surface area contributed by atoms with Crippen LogP contribution in [0, 0.1) is 16.7 Å². The molecule has 0 radical (unpaired) electrons. The summed E-state index contributed by atoms with van der Waals surface area (Å²) in [5, 5.41) is 22.6. The van der Waals surface area contributed by atoms with Crippen molar-refractivity contribution in [2.75, 3.05) is 13.1 Å². The van der Waals surface area contributed by atoms with Crippen molar-refractivity contribution in [1.29, 1.82) is 5.41 Å². The van der Waals surface area contributed by atoms with E-state index in [9.17, 15) is 32.3 Å². The minimum Gasteiger partial charge on any atom is -0.475 e. The van der Waals surface area contributed by atoms with E-state index in [1.165, 1.54) is 6.08 Å². The lowest BCUT2D eigenvalue weighted by molar-refractivity contribution is -0.192. The first-order valence-corrected chi connectivity index (χ1v) is 13.7. The zero-order valence-corrected chi connectivity index (χ0v) is 25.7. The number of nitrogen functional groups attached to an aromatic ring is 1. The van der Waals surface area contributed by atoms with Gasteiger partial charge in [-0.25, -0.2) is 4.79 Å². The maximum atomic E-state index is 13.4. The highest BCUT2D eigenvalue weighted by Crippen LogP contribution is 2.21. The maximum absolute atomic E-state index is 13.4. The molecule has 3 atom stereocenters. The summed E-state index contributed by atoms with van der Waals surface area (Å²) in [5.41, 5.74) is 22.0. The molecule has 0 spiro atoms. The van der Waals surface area contributed by atoms with E-state index in [4.69, 9.17) is 38.2 Å². The van der Waals surface area contributed by atoms with Crippen molar-refractivity contribution in [3.8, 4) is 0 Å². The number of alkyl halides is 3. The Balaban J connectivity index is 0.00000258. The molecule has 0 aliphatic heterocycles. The minimum absolute atomic E-state index is 0.0280. The summed E-state index contributed by atoms with van der Waals surface area (Å²) < 4.78 is 31.7. The Morgan fingerprint density at radius 2 is 1.52 bits per heavy atom. The normalized spacial score (nSPS) is 12.9. The van der Waals surface area contributed by atoms with Gasteiger partial charge in [0.05, 0.1) is 0 Å². The first kappa shape index (κ1) is 40.8. The van der Waals surface area contributed by atoms with Crippen LogP contribution in [0.5, 0.6) is 0 Å². The van der Waals surface area contributed by atoms with E-state index in [1.54, 1.807) is 45.0 Å². The van der Waals surface area contributed by atoms with Crippen molar-refractivity contribution in [1.82, 2.24) is 16.0 Å². The molecule has 1 unspecified atom stereocenters. The van der Waals surface area contributed by atoms with Crippen LogP contribution in [0.4, 0.5) is 13.2 Å². The van der Waals surface area contributed by atoms with Crippen LogP contribution in [-0.4, -0.2) is 77.8 Å². The third-order valence-corrected chi connectivity index (χ3v) is 6.02. The van der Waals surface area contributed by atoms with Crippen LogP contribution in [-0.2, 0) is 30.4 Å². The average molecular weight is 658 g/mol. The molecule has 4 amide bonds. The van der Waals surface area contributed by atoms with Gasteiger partial charge in [-0.15, -0.1) is 6.58 Å². The fourth-order valence-electron chi connectivity index (χ4n) is 3.62. The number of amidine groups is 1. The molecule has 0 fully saturated rings. The Morgan fingerprint density at radius 1 is 0.978 bits per heavy atom. The van der Waals surface area contributed by atoms with Gasteiger partial charge in [0, 0.05) is 18.7 Å². The smallest absolute Gasteiger partial charge is 0.475 e. The number of nitrogens with zero attached hydrogens (tertiary/aromatic N) is 1. The summed E-state index contributed by atoms with van der Waals surface area (Å²) in [6, 6.07) is 4.48. The average Bonchev–Trinajstić information content (AvgIpc) is 2.93. The van der Waals surface area contributed by atoms with E-state index in [2.05, 4.69) is 27.5 Å². The van der Waals surface area contributed by atoms with E-state index >= 15 is 0 Å². The van der Waals surface area contributed by atoms with E-state index in [1.807, 2.05) is 0 Å². The van der Waals surface area contributed by atoms with Crippen LogP contribution >= 0.6 is 0 Å². The summed E-state index contributed by atoms with van der Waals surface area (Å²) in [6.45, 7) is 9.18. The predicted octanol–water partition coefficient (Wildman–Crippen LogP) is -0.381. The summed E-state index contributed by atoms with van der Waals surface area (Å²) in [4.78, 5) is 64.3. The van der Waals surface area contributed by atoms with Crippen LogP contribution in [0.1, 0.15) is 44.7 Å². The highest BCUT2D eigenvalue weighted by Gasteiger charge is 2.39. The molecule has 15 nitrogen and oxygen atoms in total. The predicted molar refractivity (Wildman–Crippen MR) is 164 cm³/mol. The van der Waals surface area contributed by atoms with Crippen molar-refractivity contribution < 1.29 is 42.3 Å². The number of nitrogens with one attached hydrogen (secondary N) is 4. The Labute approximate surface area is 263 Å². The number of aliphatic imine (C=N–C) groups is 1. The number of hydrogen-bond acceptors (Lipinski definition) is 7. The first-order valence-electron chi connectivity index (χ1n) is 13.7. The Bertz CT molecular complexity index is 1270. The number of amides is 4. The van der Waals surface area contributed by atoms with Crippen LogP contribution in [0.2, 0.25) is 0 Å². The molecule has 0 saturated heterocycles. The number of halogens is 3. The molecule has 18 heteroatoms. The molecule has 0 saturated carbocycles. The van der Waals surface area contributed by atoms with Crippen molar-refractivity contribution >= 4 is 41.4 Å². The SMILES string of the molecule is C=CCNC(=O)C(Cc1ccc(C(=N)N)cc1)C(=O)N[C@H](C(=O)N[C@@H](CCCN=C(N)N)C(N)=O)C(C)(C)C.O=C(O)C(F)(F)F. The highest BCUT2D eigenvalue weighted by molar-refractivity contribution is 6.02. The van der Waals surface area contributed by atoms with Crippen molar-refractivity contribution in [2.45, 2.75) is 58.3 Å². The molecule has 13 N–H and O–H groups in total. The van der Waals surface area contributed by atoms with Crippen LogP contribution < -0.4 is 38.9 Å². The number of primary amides is 1. The molecular weight excluding hydrogens is 615 g/mol. The lowest BCUT2D eigenvalue weighted by Crippen LogP contribution is -2.59. The van der Waals surface area contributed by atoms with E-state index in [0.717, 1.165) is 0 Å². The number of nitrogens with two attached hydrogens (primary N) is 4. The number of hydrogen-bond donors (Lipinski definition) is 9. The van der Waals surface area contributed by atoms with Gasteiger partial charge >= 0.3 is 12.1 Å². The monoisotopic (exact) mass is 657 g/mol. The number of carbonyl (C=O) groups is 5. The number of aliphatic carboxylic acids is 1. The third-order valence-electron chi connectivity index (χ3n) is 6.02. The van der Waals surface area contributed by atoms with Crippen LogP contribution in [0.25, 0.3) is 0 Å². The molecule has 256 valence electrons. The largest absolute Gasteiger partial charge is 0.490 e. The third kappa shape index (κ3) is 15.5. The number of carboxylic acid groups (broad SMARTS) is 1. The van der Waals surface area contributed by atoms with Crippen molar-refractivity contribution in [3.63, 3.8) is 0 Å². The summed E-state index contributed by atoms with van der Waals surface area (Å²) >= 11 is 0. The number of guanidine groups is 1. The number of benzene rings is 1. The van der Waals surface area contributed by atoms with Gasteiger partial charge in [0.25, 0.3) is 0 Å². The topological polar surface area (TPSA) is 282 Å². The Hall–Kier alpha value is -5.16. The molecule has 1 rings (SSSR count). The standard InChI is InChI=1S/C26H41N9O4.C2HF3O2/c1-5-12-32-22(37)17(14-15-8-10-16(11-9-15)20(27)28)23(38)35-19(26(2,3)4)24(39)34-18(21(29)36)7-6-13-33-25(30)31;3-2(4,5)1(6)7/h5,8-11,17-19H,1,6-7,12-14H2,2-4H3,(H3,27,28)(H2,29,36)(H,32,37)(H,34,39)(H,35,38)(H4,30,31,33);(H,6,7)/t17?,18-,19+;/m0./s1. The Morgan fingerprint density at radius 3 is 1.93 bits per heavy atom. The van der Waals surface area contributed by atoms with E-state index in [0.29, 0.717) is 17.5 Å². The van der Waals surface area contributed by atoms with Gasteiger partial charge in [-0.05, 0) is 30.2 Å². The Kier molecular flexibility index (Phi) is 16.5. The van der Waals surface area contributed by atoms with Gasteiger partial charge < -0.3 is 44.0 Å². The lowest BCUT2D eigenvalue weighted by Gasteiger charge is -2.32. The fourth-order valence-corrected chi connectivity index (χ4v) is 3.62. The van der Waals surface area contributed by atoms with E-state index in [-0.39, 0.29) is 37.7 Å². The maximum Gasteiger partial charge on any atom is 0.490 e. The molecular formula is C28H42F3N9O6. The molecule has 0 bridgehead atoms. The molecule has 46 heavy (non-hydrogen) atoms. The molecule has 1 aromatic carbocycles. The van der Waals surface area contributed by atoms with E-state index < -0.39 is 59.2 Å². The van der Waals surface area contributed by atoms with Crippen molar-refractivity contribution in [2.24, 2.45) is 39.3 Å². The van der Waals surface area contributed by atoms with Gasteiger partial charge in [0.2, 0.25) is 23.6 Å². The molecule has 0 heterocycles. The molecule has 0 aliphatic rings. The fraction of sp³-hybridized carbons (Fsp3) is 0.464. The summed E-state index contributed by atoms with van der Waals surface area (Å²) in [6.07, 6.45) is -3.00. The van der Waals surface area contributed by atoms with Gasteiger partial charge in [0.15, 0.2) is 5.96 Å². The second kappa shape index (κ2) is 18.6. The second-order valence-electron chi connectivity index (χ2n) is 10.9. The summed E-state index contributed by atoms with van der Waals surface area (Å²) in [5.74, 6) is -6.74. The number of carboxylic acids is 1. The van der Waals surface area contributed by atoms with Gasteiger partial charge in [0.1, 0.15) is 23.8 Å². The van der Waals surface area contributed by atoms with Gasteiger partial charge in [-0.1, -0.05) is 51.1 Å². The number of carbonyl (C=O) groups excluding carboxylic acids is 4. The van der Waals surface area contributed by atoms with Crippen molar-refractivity contribution in [3.05, 3.63) is 48.0 Å². The van der Waals surface area contributed by atoms with Gasteiger partial charge in [-0.3, -0.25) is 29.6 Å². The minimum atomic E-state index is -5.08. The van der Waals surface area contributed by atoms with Crippen LogP contribution in [0.3, 0.4) is 0 Å². The first-order chi connectivity index (χ1) is 21.1. The molecule has 0 aromatic heterocycles. The second-order valence-corrected chi connectivity index (χ2v) is 10.9. The summed E-state index contributed by atoms with van der Waals surface area (Å²) in [7, 11) is 0. The van der Waals surface area contributed by atoms with Gasteiger partial charge in [-0.2, -0.15) is 13.2 Å².